The first-order chi connectivity index (χ1) is 14.4. The van der Waals surface area contributed by atoms with Gasteiger partial charge in [0.25, 0.3) is 5.91 Å². The van der Waals surface area contributed by atoms with Gasteiger partial charge < -0.3 is 5.32 Å². The van der Waals surface area contributed by atoms with Crippen LogP contribution in [0.15, 0.2) is 66.7 Å². The summed E-state index contributed by atoms with van der Waals surface area (Å²) in [7, 11) is 0. The van der Waals surface area contributed by atoms with Gasteiger partial charge in [0.1, 0.15) is 0 Å². The van der Waals surface area contributed by atoms with Crippen molar-refractivity contribution in [2.24, 2.45) is 0 Å². The quantitative estimate of drug-likeness (QED) is 0.419. The zero-order chi connectivity index (χ0) is 21.3. The number of amides is 1. The monoisotopic (exact) mass is 436 g/mol. The van der Waals surface area contributed by atoms with Gasteiger partial charge in [0.05, 0.1) is 15.7 Å². The Morgan fingerprint density at radius 3 is 2.40 bits per heavy atom. The summed E-state index contributed by atoms with van der Waals surface area (Å²) in [6.07, 6.45) is 0. The second-order valence-electron chi connectivity index (χ2n) is 6.91. The third kappa shape index (κ3) is 4.08. The molecule has 3 aromatic carbocycles. The fraction of sp³-hybridized carbons (Fsp3) is 0.0870. The highest BCUT2D eigenvalue weighted by molar-refractivity contribution is 6.42. The van der Waals surface area contributed by atoms with Gasteiger partial charge in [-0.15, -0.1) is 5.10 Å². The minimum absolute atomic E-state index is 0.0555. The van der Waals surface area contributed by atoms with Crippen molar-refractivity contribution in [2.45, 2.75) is 13.8 Å². The van der Waals surface area contributed by atoms with Crippen LogP contribution in [0.4, 0.5) is 5.69 Å². The Morgan fingerprint density at radius 2 is 1.70 bits per heavy atom. The van der Waals surface area contributed by atoms with E-state index >= 15 is 0 Å². The second-order valence-corrected chi connectivity index (χ2v) is 7.72. The number of aromatic nitrogens is 3. The number of benzene rings is 3. The van der Waals surface area contributed by atoms with Gasteiger partial charge in [-0.25, -0.2) is 9.67 Å². The van der Waals surface area contributed by atoms with Crippen LogP contribution in [-0.4, -0.2) is 20.7 Å². The lowest BCUT2D eigenvalue weighted by Gasteiger charge is -2.07. The average molecular weight is 437 g/mol. The van der Waals surface area contributed by atoms with Crippen molar-refractivity contribution in [1.82, 2.24) is 14.8 Å². The summed E-state index contributed by atoms with van der Waals surface area (Å²) in [5.74, 6) is 0.192. The van der Waals surface area contributed by atoms with Crippen molar-refractivity contribution in [1.29, 1.82) is 0 Å². The molecule has 0 saturated carbocycles. The highest BCUT2D eigenvalue weighted by Crippen LogP contribution is 2.27. The van der Waals surface area contributed by atoms with Gasteiger partial charge in [-0.3, -0.25) is 4.79 Å². The molecule has 0 atom stereocenters. The minimum atomic E-state index is -0.391. The van der Waals surface area contributed by atoms with Crippen LogP contribution in [0.5, 0.6) is 0 Å². The number of hydrogen-bond donors (Lipinski definition) is 1. The number of nitrogens with zero attached hydrogens (tertiary/aromatic N) is 3. The maximum absolute atomic E-state index is 12.9. The van der Waals surface area contributed by atoms with Crippen LogP contribution in [0.1, 0.15) is 21.7 Å². The topological polar surface area (TPSA) is 59.8 Å². The predicted molar refractivity (Wildman–Crippen MR) is 121 cm³/mol. The Morgan fingerprint density at radius 1 is 0.933 bits per heavy atom. The summed E-state index contributed by atoms with van der Waals surface area (Å²) in [5.41, 5.74) is 4.29. The molecule has 4 aromatic rings. The number of hydrogen-bond acceptors (Lipinski definition) is 3. The normalized spacial score (nSPS) is 10.8. The van der Waals surface area contributed by atoms with Crippen LogP contribution in [0.25, 0.3) is 17.1 Å². The highest BCUT2D eigenvalue weighted by Gasteiger charge is 2.20. The zero-order valence-corrected chi connectivity index (χ0v) is 17.9. The summed E-state index contributed by atoms with van der Waals surface area (Å²) in [6.45, 7) is 3.95. The predicted octanol–water partition coefficient (Wildman–Crippen LogP) is 6.11. The third-order valence-electron chi connectivity index (χ3n) is 4.62. The molecule has 0 aliphatic heterocycles. The van der Waals surface area contributed by atoms with E-state index in [9.17, 15) is 4.79 Å². The maximum Gasteiger partial charge on any atom is 0.295 e. The van der Waals surface area contributed by atoms with Gasteiger partial charge in [-0.1, -0.05) is 71.2 Å². The lowest BCUT2D eigenvalue weighted by Crippen LogP contribution is -2.15. The largest absolute Gasteiger partial charge is 0.319 e. The summed E-state index contributed by atoms with van der Waals surface area (Å²) in [6, 6.07) is 20.5. The van der Waals surface area contributed by atoms with Crippen LogP contribution < -0.4 is 5.32 Å². The van der Waals surface area contributed by atoms with Crippen molar-refractivity contribution < 1.29 is 4.79 Å². The Kier molecular flexibility index (Phi) is 5.57. The van der Waals surface area contributed by atoms with Gasteiger partial charge >= 0.3 is 0 Å². The molecule has 1 N–H and O–H groups in total. The molecule has 0 aliphatic rings. The van der Waals surface area contributed by atoms with Crippen LogP contribution in [0.2, 0.25) is 10.0 Å². The number of carbonyl (C=O) groups excluding carboxylic acids is 1. The standard InChI is InChI=1S/C23H18Cl2N4O/c1-14-8-11-20(15(2)12-14)26-23(30)21-27-22(16-6-4-3-5-7-16)29(28-21)17-9-10-18(24)19(25)13-17/h3-13H,1-2H3,(H,26,30). The number of aryl methyl sites for hydroxylation is 2. The van der Waals surface area contributed by atoms with Crippen molar-refractivity contribution >= 4 is 34.8 Å². The molecule has 0 saturated heterocycles. The molecule has 1 heterocycles. The molecule has 0 radical (unpaired) electrons. The second kappa shape index (κ2) is 8.30. The Bertz CT molecular complexity index is 1240. The third-order valence-corrected chi connectivity index (χ3v) is 5.36. The van der Waals surface area contributed by atoms with E-state index in [0.29, 0.717) is 21.6 Å². The molecule has 0 spiro atoms. The highest BCUT2D eigenvalue weighted by atomic mass is 35.5. The zero-order valence-electron chi connectivity index (χ0n) is 16.4. The van der Waals surface area contributed by atoms with Crippen molar-refractivity contribution in [2.75, 3.05) is 5.32 Å². The number of carbonyl (C=O) groups is 1. The molecule has 150 valence electrons. The first kappa shape index (κ1) is 20.1. The molecule has 7 heteroatoms. The van der Waals surface area contributed by atoms with Gasteiger partial charge in [-0.05, 0) is 43.7 Å². The molecule has 4 rings (SSSR count). The van der Waals surface area contributed by atoms with Crippen LogP contribution in [-0.2, 0) is 0 Å². The van der Waals surface area contributed by atoms with E-state index in [-0.39, 0.29) is 5.82 Å². The van der Waals surface area contributed by atoms with Crippen LogP contribution in [0, 0.1) is 13.8 Å². The number of rotatable bonds is 4. The van der Waals surface area contributed by atoms with Gasteiger partial charge in [0.15, 0.2) is 5.82 Å². The molecule has 1 amide bonds. The number of halogens is 2. The van der Waals surface area contributed by atoms with E-state index in [4.69, 9.17) is 23.2 Å². The Balaban J connectivity index is 1.76. The average Bonchev–Trinajstić information content (AvgIpc) is 3.18. The number of nitrogens with one attached hydrogen (secondary N) is 1. The lowest BCUT2D eigenvalue weighted by atomic mass is 10.1. The molecule has 0 unspecified atom stereocenters. The first-order valence-corrected chi connectivity index (χ1v) is 10.0. The SMILES string of the molecule is Cc1ccc(NC(=O)c2nc(-c3ccccc3)n(-c3ccc(Cl)c(Cl)c3)n2)c(C)c1. The summed E-state index contributed by atoms with van der Waals surface area (Å²) < 4.78 is 1.59. The molecule has 1 aromatic heterocycles. The van der Waals surface area contributed by atoms with Gasteiger partial charge in [0.2, 0.25) is 5.82 Å². The van der Waals surface area contributed by atoms with E-state index in [1.165, 1.54) is 0 Å². The lowest BCUT2D eigenvalue weighted by molar-refractivity contribution is 0.101. The van der Waals surface area contributed by atoms with Crippen LogP contribution >= 0.6 is 23.2 Å². The molecule has 0 aliphatic carbocycles. The summed E-state index contributed by atoms with van der Waals surface area (Å²) in [5, 5.41) is 8.19. The van der Waals surface area contributed by atoms with E-state index < -0.39 is 5.91 Å². The molecule has 0 bridgehead atoms. The van der Waals surface area contributed by atoms with E-state index in [0.717, 1.165) is 22.4 Å². The summed E-state index contributed by atoms with van der Waals surface area (Å²) >= 11 is 12.3. The van der Waals surface area contributed by atoms with E-state index in [1.807, 2.05) is 62.4 Å². The number of anilines is 1. The summed E-state index contributed by atoms with van der Waals surface area (Å²) in [4.78, 5) is 17.4. The van der Waals surface area contributed by atoms with Crippen molar-refractivity contribution in [3.05, 3.63) is 93.7 Å². The van der Waals surface area contributed by atoms with Gasteiger partial charge in [0, 0.05) is 11.3 Å². The van der Waals surface area contributed by atoms with Crippen molar-refractivity contribution in [3.8, 4) is 17.1 Å². The smallest absolute Gasteiger partial charge is 0.295 e. The van der Waals surface area contributed by atoms with Gasteiger partial charge in [-0.2, -0.15) is 0 Å². The molecule has 30 heavy (non-hydrogen) atoms. The maximum atomic E-state index is 12.9. The first-order valence-electron chi connectivity index (χ1n) is 9.29. The van der Waals surface area contributed by atoms with Crippen molar-refractivity contribution in [3.63, 3.8) is 0 Å². The fourth-order valence-electron chi connectivity index (χ4n) is 3.11. The molecule has 5 nitrogen and oxygen atoms in total. The molecular formula is C23H18Cl2N4O. The van der Waals surface area contributed by atoms with E-state index in [2.05, 4.69) is 15.4 Å². The Hall–Kier alpha value is -3.15. The molecule has 0 fully saturated rings. The van der Waals surface area contributed by atoms with Crippen LogP contribution in [0.3, 0.4) is 0 Å². The minimum Gasteiger partial charge on any atom is -0.319 e. The fourth-order valence-corrected chi connectivity index (χ4v) is 3.40. The van der Waals surface area contributed by atoms with E-state index in [1.54, 1.807) is 22.9 Å². The molecular weight excluding hydrogens is 419 g/mol. The Labute approximate surface area is 184 Å².